The van der Waals surface area contributed by atoms with E-state index >= 15 is 0 Å². The van der Waals surface area contributed by atoms with E-state index in [1.54, 1.807) is 24.3 Å². The molecule has 7 nitrogen and oxygen atoms in total. The average Bonchev–Trinajstić information content (AvgIpc) is 3.13. The minimum atomic E-state index is -1.38. The lowest BCUT2D eigenvalue weighted by Gasteiger charge is -2.16. The minimum Gasteiger partial charge on any atom is -0.545 e. The van der Waals surface area contributed by atoms with Gasteiger partial charge in [-0.2, -0.15) is 0 Å². The molecule has 29 heavy (non-hydrogen) atoms. The number of hydrogen-bond acceptors (Lipinski definition) is 7. The molecule has 0 aromatic heterocycles. The van der Waals surface area contributed by atoms with Crippen LogP contribution in [0.15, 0.2) is 53.4 Å². The van der Waals surface area contributed by atoms with E-state index in [9.17, 15) is 24.3 Å². The van der Waals surface area contributed by atoms with E-state index in [0.717, 1.165) is 16.7 Å². The molecule has 0 spiro atoms. The fraction of sp³-hybridized carbons (Fsp3) is 0.0500. The molecule has 144 valence electrons. The van der Waals surface area contributed by atoms with Crippen LogP contribution in [-0.2, 0) is 14.4 Å². The second-order valence-electron chi connectivity index (χ2n) is 6.23. The number of para-hydroxylation sites is 1. The van der Waals surface area contributed by atoms with Crippen LogP contribution in [0.4, 0.5) is 11.4 Å². The number of fused-ring (bicyclic) bond motifs is 1. The molecule has 0 atom stereocenters. The quantitative estimate of drug-likeness (QED) is 0.536. The van der Waals surface area contributed by atoms with Gasteiger partial charge in [-0.3, -0.25) is 19.3 Å². The molecular formula is C20H11N2O5S2-. The van der Waals surface area contributed by atoms with Crippen LogP contribution >= 0.6 is 24.0 Å². The van der Waals surface area contributed by atoms with Crippen molar-refractivity contribution in [3.63, 3.8) is 0 Å². The van der Waals surface area contributed by atoms with Crippen LogP contribution in [-0.4, -0.2) is 28.0 Å². The van der Waals surface area contributed by atoms with Crippen LogP contribution in [0.2, 0.25) is 0 Å². The standard InChI is InChI=1S/C20H12N2O5S2/c1-10(23)21-14-8-3-2-7-13(14)15(17(21)24)16-18(25)22(20(28)29-16)12-6-4-5-11(9-12)19(26)27/h2-9H,1H3,(H,26,27)/p-1/b16-15-. The lowest BCUT2D eigenvalue weighted by Crippen LogP contribution is -2.32. The van der Waals surface area contributed by atoms with Crippen molar-refractivity contribution >= 4 is 68.9 Å². The average molecular weight is 423 g/mol. The molecule has 2 heterocycles. The molecule has 2 aliphatic heterocycles. The Morgan fingerprint density at radius 1 is 1.03 bits per heavy atom. The van der Waals surface area contributed by atoms with Crippen LogP contribution in [0, 0.1) is 0 Å². The van der Waals surface area contributed by atoms with Gasteiger partial charge in [0.1, 0.15) is 0 Å². The lowest BCUT2D eigenvalue weighted by molar-refractivity contribution is -0.255. The number of hydrogen-bond donors (Lipinski definition) is 0. The number of carboxylic acid groups (broad SMARTS) is 1. The summed E-state index contributed by atoms with van der Waals surface area (Å²) in [5.74, 6) is -3.00. The molecule has 2 aromatic carbocycles. The third-order valence-electron chi connectivity index (χ3n) is 4.48. The summed E-state index contributed by atoms with van der Waals surface area (Å²) in [6, 6.07) is 12.3. The summed E-state index contributed by atoms with van der Waals surface area (Å²) in [7, 11) is 0. The second-order valence-corrected chi connectivity index (χ2v) is 7.87. The largest absolute Gasteiger partial charge is 0.545 e. The molecule has 2 aliphatic rings. The fourth-order valence-corrected chi connectivity index (χ4v) is 4.63. The predicted octanol–water partition coefficient (Wildman–Crippen LogP) is 1.72. The van der Waals surface area contributed by atoms with Gasteiger partial charge in [0.25, 0.3) is 11.8 Å². The maximum atomic E-state index is 13.2. The number of carbonyl (C=O) groups excluding carboxylic acids is 4. The Bertz CT molecular complexity index is 1170. The molecule has 4 rings (SSSR count). The number of rotatable bonds is 2. The molecule has 0 unspecified atom stereocenters. The molecule has 0 radical (unpaired) electrons. The zero-order valence-corrected chi connectivity index (χ0v) is 16.5. The number of amides is 3. The third kappa shape index (κ3) is 2.95. The molecule has 0 N–H and O–H groups in total. The number of thiocarbonyl (C=S) groups is 1. The van der Waals surface area contributed by atoms with Gasteiger partial charge in [0.2, 0.25) is 5.91 Å². The number of imide groups is 1. The van der Waals surface area contributed by atoms with Crippen molar-refractivity contribution in [2.75, 3.05) is 9.80 Å². The molecule has 0 saturated carbocycles. The third-order valence-corrected chi connectivity index (χ3v) is 5.86. The maximum absolute atomic E-state index is 13.2. The topological polar surface area (TPSA) is 97.8 Å². The highest BCUT2D eigenvalue weighted by atomic mass is 32.2. The van der Waals surface area contributed by atoms with Crippen molar-refractivity contribution in [1.82, 2.24) is 0 Å². The van der Waals surface area contributed by atoms with Gasteiger partial charge in [-0.1, -0.05) is 54.3 Å². The van der Waals surface area contributed by atoms with Crippen LogP contribution < -0.4 is 14.9 Å². The number of thioether (sulfide) groups is 1. The minimum absolute atomic E-state index is 0.0926. The highest BCUT2D eigenvalue weighted by molar-refractivity contribution is 8.27. The van der Waals surface area contributed by atoms with E-state index in [1.807, 2.05) is 0 Å². The van der Waals surface area contributed by atoms with Crippen molar-refractivity contribution < 1.29 is 24.3 Å². The summed E-state index contributed by atoms with van der Waals surface area (Å²) < 4.78 is 0.152. The summed E-state index contributed by atoms with van der Waals surface area (Å²) in [5.41, 5.74) is 1.13. The number of benzene rings is 2. The van der Waals surface area contributed by atoms with Gasteiger partial charge in [0.05, 0.1) is 27.8 Å². The molecule has 1 fully saturated rings. The first-order valence-corrected chi connectivity index (χ1v) is 9.60. The number of nitrogens with zero attached hydrogens (tertiary/aromatic N) is 2. The Morgan fingerprint density at radius 3 is 2.45 bits per heavy atom. The second kappa shape index (κ2) is 6.94. The van der Waals surface area contributed by atoms with Gasteiger partial charge in [-0.15, -0.1) is 0 Å². The van der Waals surface area contributed by atoms with Gasteiger partial charge in [0, 0.05) is 12.5 Å². The highest BCUT2D eigenvalue weighted by Gasteiger charge is 2.43. The Morgan fingerprint density at radius 2 is 1.76 bits per heavy atom. The molecule has 0 bridgehead atoms. The number of carboxylic acids is 1. The first-order chi connectivity index (χ1) is 13.8. The van der Waals surface area contributed by atoms with Gasteiger partial charge < -0.3 is 9.90 Å². The summed E-state index contributed by atoms with van der Waals surface area (Å²) >= 11 is 6.25. The lowest BCUT2D eigenvalue weighted by atomic mass is 10.1. The van der Waals surface area contributed by atoms with Gasteiger partial charge in [-0.05, 0) is 23.8 Å². The number of aromatic carboxylic acids is 1. The Hall–Kier alpha value is -3.30. The van der Waals surface area contributed by atoms with E-state index in [2.05, 4.69) is 0 Å². The normalized spacial score (nSPS) is 18.4. The molecule has 0 aliphatic carbocycles. The fourth-order valence-electron chi connectivity index (χ4n) is 3.26. The molecular weight excluding hydrogens is 412 g/mol. The van der Waals surface area contributed by atoms with E-state index in [1.165, 1.54) is 36.1 Å². The zero-order valence-electron chi connectivity index (χ0n) is 14.9. The number of carbonyl (C=O) groups is 4. The summed E-state index contributed by atoms with van der Waals surface area (Å²) in [6.07, 6.45) is 0. The van der Waals surface area contributed by atoms with Crippen molar-refractivity contribution in [3.05, 3.63) is 64.6 Å². The first kappa shape index (κ1) is 19.0. The van der Waals surface area contributed by atoms with Crippen LogP contribution in [0.3, 0.4) is 0 Å². The molecule has 9 heteroatoms. The molecule has 2 aromatic rings. The van der Waals surface area contributed by atoms with Gasteiger partial charge in [0.15, 0.2) is 4.32 Å². The van der Waals surface area contributed by atoms with Crippen molar-refractivity contribution in [3.8, 4) is 0 Å². The smallest absolute Gasteiger partial charge is 0.271 e. The van der Waals surface area contributed by atoms with E-state index in [0.29, 0.717) is 11.3 Å². The van der Waals surface area contributed by atoms with Crippen LogP contribution in [0.5, 0.6) is 0 Å². The number of anilines is 2. The van der Waals surface area contributed by atoms with Crippen molar-refractivity contribution in [2.45, 2.75) is 6.92 Å². The molecule has 1 saturated heterocycles. The van der Waals surface area contributed by atoms with Crippen molar-refractivity contribution in [1.29, 1.82) is 0 Å². The van der Waals surface area contributed by atoms with Crippen LogP contribution in [0.25, 0.3) is 5.57 Å². The summed E-state index contributed by atoms with van der Waals surface area (Å²) in [6.45, 7) is 1.27. The van der Waals surface area contributed by atoms with Crippen LogP contribution in [0.1, 0.15) is 22.8 Å². The SMILES string of the molecule is CC(=O)N1C(=O)/C(=C2\SC(=S)N(c3cccc(C(=O)[O-])c3)C2=O)c2ccccc21. The molecule has 3 amide bonds. The van der Waals surface area contributed by atoms with Gasteiger partial charge in [-0.25, -0.2) is 4.90 Å². The zero-order chi connectivity index (χ0) is 20.9. The summed E-state index contributed by atoms with van der Waals surface area (Å²) in [5, 5.41) is 11.1. The van der Waals surface area contributed by atoms with E-state index in [-0.39, 0.29) is 26.0 Å². The summed E-state index contributed by atoms with van der Waals surface area (Å²) in [4.78, 5) is 51.5. The maximum Gasteiger partial charge on any atom is 0.271 e. The van der Waals surface area contributed by atoms with Gasteiger partial charge >= 0.3 is 0 Å². The monoisotopic (exact) mass is 423 g/mol. The Balaban J connectivity index is 1.84. The van der Waals surface area contributed by atoms with Crippen molar-refractivity contribution in [2.24, 2.45) is 0 Å². The van der Waals surface area contributed by atoms with E-state index < -0.39 is 23.7 Å². The Labute approximate surface area is 174 Å². The highest BCUT2D eigenvalue weighted by Crippen LogP contribution is 2.45. The van der Waals surface area contributed by atoms with E-state index in [4.69, 9.17) is 12.2 Å². The Kier molecular flexibility index (Phi) is 4.56. The first-order valence-electron chi connectivity index (χ1n) is 8.37. The predicted molar refractivity (Wildman–Crippen MR) is 110 cm³/mol.